The number of likely N-dealkylation sites (tertiary alicyclic amines) is 1. The number of carbonyl (C=O) groups is 1. The number of piperidine rings is 1. The number of fused-ring (bicyclic) bond motifs is 1. The quantitative estimate of drug-likeness (QED) is 0.602. The maximum atomic E-state index is 12.9. The van der Waals surface area contributed by atoms with Crippen molar-refractivity contribution in [1.29, 1.82) is 0 Å². The van der Waals surface area contributed by atoms with E-state index in [0.29, 0.717) is 11.7 Å². The van der Waals surface area contributed by atoms with Crippen LogP contribution in [0.4, 0.5) is 0 Å². The minimum Gasteiger partial charge on any atom is -0.496 e. The highest BCUT2D eigenvalue weighted by molar-refractivity contribution is 6.02. The van der Waals surface area contributed by atoms with Gasteiger partial charge >= 0.3 is 0 Å². The topological polar surface area (TPSA) is 29.5 Å². The lowest BCUT2D eigenvalue weighted by Gasteiger charge is -2.32. The molecule has 30 heavy (non-hydrogen) atoms. The molecule has 1 saturated heterocycles. The third-order valence-corrected chi connectivity index (χ3v) is 6.30. The van der Waals surface area contributed by atoms with E-state index < -0.39 is 0 Å². The molecule has 2 aromatic rings. The second-order valence-corrected chi connectivity index (χ2v) is 8.89. The Bertz CT molecular complexity index is 822. The number of methoxy groups -OCH3 is 1. The van der Waals surface area contributed by atoms with Gasteiger partial charge < -0.3 is 4.74 Å². The first kappa shape index (κ1) is 22.6. The van der Waals surface area contributed by atoms with E-state index in [2.05, 4.69) is 55.1 Å². The Hall–Kier alpha value is -2.13. The molecule has 1 heterocycles. The zero-order valence-corrected chi connectivity index (χ0v) is 19.1. The monoisotopic (exact) mass is 407 g/mol. The van der Waals surface area contributed by atoms with Crippen LogP contribution >= 0.6 is 0 Å². The number of ether oxygens (including phenoxy) is 1. The number of Topliss-reactive ketones (excluding diaryl/α,β-unsaturated/α-hetero) is 1. The summed E-state index contributed by atoms with van der Waals surface area (Å²) < 4.78 is 5.43. The van der Waals surface area contributed by atoms with E-state index in [1.807, 2.05) is 13.0 Å². The van der Waals surface area contributed by atoms with Crippen LogP contribution in [-0.2, 0) is 13.0 Å². The largest absolute Gasteiger partial charge is 0.496 e. The van der Waals surface area contributed by atoms with Crippen molar-refractivity contribution in [3.05, 3.63) is 64.7 Å². The zero-order valence-electron chi connectivity index (χ0n) is 19.1. The normalized spacial score (nSPS) is 19.2. The summed E-state index contributed by atoms with van der Waals surface area (Å²) in [5, 5.41) is 0. The highest BCUT2D eigenvalue weighted by atomic mass is 16.5. The number of rotatable bonds is 5. The average Bonchev–Trinajstić information content (AvgIpc) is 3.05. The van der Waals surface area contributed by atoms with E-state index in [4.69, 9.17) is 4.74 Å². The number of carbonyl (C=O) groups excluding carboxylic acids is 1. The molecular formula is C27H37NO2. The Morgan fingerprint density at radius 3 is 2.37 bits per heavy atom. The van der Waals surface area contributed by atoms with Crippen LogP contribution in [0.5, 0.6) is 5.75 Å². The van der Waals surface area contributed by atoms with Gasteiger partial charge in [0, 0.05) is 18.0 Å². The molecule has 0 amide bonds. The first-order valence-electron chi connectivity index (χ1n) is 11.5. The number of hydrogen-bond donors (Lipinski definition) is 0. The highest BCUT2D eigenvalue weighted by Gasteiger charge is 2.34. The molecule has 0 spiro atoms. The number of benzene rings is 2. The average molecular weight is 408 g/mol. The maximum Gasteiger partial charge on any atom is 0.166 e. The van der Waals surface area contributed by atoms with E-state index in [9.17, 15) is 4.79 Å². The molecule has 2 aromatic carbocycles. The molecule has 0 bridgehead atoms. The Labute approximate surface area is 182 Å². The van der Waals surface area contributed by atoms with E-state index in [1.165, 1.54) is 30.4 Å². The fraction of sp³-hybridized carbons (Fsp3) is 0.519. The Morgan fingerprint density at radius 2 is 1.73 bits per heavy atom. The van der Waals surface area contributed by atoms with Gasteiger partial charge in [-0.2, -0.15) is 0 Å². The summed E-state index contributed by atoms with van der Waals surface area (Å²) in [5.41, 5.74) is 4.55. The van der Waals surface area contributed by atoms with Crippen LogP contribution in [0, 0.1) is 18.8 Å². The summed E-state index contributed by atoms with van der Waals surface area (Å²) in [5.74, 6) is 2.08. The Balaban J connectivity index is 0.000000806. The minimum atomic E-state index is 0.164. The van der Waals surface area contributed by atoms with Crippen molar-refractivity contribution in [2.24, 2.45) is 11.8 Å². The van der Waals surface area contributed by atoms with E-state index in [-0.39, 0.29) is 5.92 Å². The van der Waals surface area contributed by atoms with Crippen molar-refractivity contribution in [3.8, 4) is 5.75 Å². The van der Waals surface area contributed by atoms with Crippen molar-refractivity contribution in [2.45, 2.75) is 59.4 Å². The van der Waals surface area contributed by atoms with Crippen LogP contribution in [0.2, 0.25) is 0 Å². The van der Waals surface area contributed by atoms with Gasteiger partial charge in [0.15, 0.2) is 5.78 Å². The molecular weight excluding hydrogens is 370 g/mol. The molecule has 162 valence electrons. The summed E-state index contributed by atoms with van der Waals surface area (Å²) in [6.07, 6.45) is 5.58. The summed E-state index contributed by atoms with van der Waals surface area (Å²) in [6, 6.07) is 14.8. The highest BCUT2D eigenvalue weighted by Crippen LogP contribution is 2.37. The minimum absolute atomic E-state index is 0.164. The van der Waals surface area contributed by atoms with Gasteiger partial charge in [0.05, 0.1) is 7.11 Å². The zero-order chi connectivity index (χ0) is 21.5. The Kier molecular flexibility index (Phi) is 8.09. The van der Waals surface area contributed by atoms with E-state index in [1.54, 1.807) is 7.11 Å². The van der Waals surface area contributed by atoms with Gasteiger partial charge in [-0.15, -0.1) is 0 Å². The third kappa shape index (κ3) is 5.51. The first-order valence-corrected chi connectivity index (χ1v) is 11.5. The lowest BCUT2D eigenvalue weighted by Crippen LogP contribution is -2.34. The van der Waals surface area contributed by atoms with Gasteiger partial charge in [-0.25, -0.2) is 0 Å². The van der Waals surface area contributed by atoms with E-state index >= 15 is 0 Å². The second kappa shape index (κ2) is 10.8. The predicted molar refractivity (Wildman–Crippen MR) is 124 cm³/mol. The summed E-state index contributed by atoms with van der Waals surface area (Å²) >= 11 is 0. The van der Waals surface area contributed by atoms with Gasteiger partial charge in [0.25, 0.3) is 0 Å². The molecule has 4 rings (SSSR count). The molecule has 1 atom stereocenters. The molecule has 0 saturated carbocycles. The lowest BCUT2D eigenvalue weighted by molar-refractivity contribution is 0.0895. The van der Waals surface area contributed by atoms with Crippen LogP contribution < -0.4 is 4.74 Å². The fourth-order valence-electron chi connectivity index (χ4n) is 4.74. The summed E-state index contributed by atoms with van der Waals surface area (Å²) in [4.78, 5) is 15.4. The van der Waals surface area contributed by atoms with Gasteiger partial charge in [0.2, 0.25) is 0 Å². The van der Waals surface area contributed by atoms with Gasteiger partial charge in [-0.3, -0.25) is 9.69 Å². The fourth-order valence-corrected chi connectivity index (χ4v) is 4.74. The van der Waals surface area contributed by atoms with Gasteiger partial charge in [-0.1, -0.05) is 50.6 Å². The van der Waals surface area contributed by atoms with Gasteiger partial charge in [-0.05, 0) is 80.4 Å². The molecule has 1 fully saturated rings. The molecule has 2 aliphatic rings. The standard InChI is InChI=1S/C24H29NO2.C3H8/c1-17-12-22-20(15-23(17)27-2)14-21(24(22)26)13-18-8-10-25(11-9-18)16-19-6-4-3-5-7-19;1-3-2/h3-7,12,15,18,21H,8-11,13-14,16H2,1-2H3;3H2,1-2H3. The summed E-state index contributed by atoms with van der Waals surface area (Å²) in [7, 11) is 1.70. The number of aryl methyl sites for hydroxylation is 1. The van der Waals surface area contributed by atoms with Crippen molar-refractivity contribution in [1.82, 2.24) is 4.90 Å². The first-order chi connectivity index (χ1) is 14.5. The maximum absolute atomic E-state index is 12.9. The smallest absolute Gasteiger partial charge is 0.166 e. The molecule has 0 N–H and O–H groups in total. The summed E-state index contributed by atoms with van der Waals surface area (Å²) in [6.45, 7) is 9.59. The second-order valence-electron chi connectivity index (χ2n) is 8.89. The molecule has 3 nitrogen and oxygen atoms in total. The predicted octanol–water partition coefficient (Wildman–Crippen LogP) is 6.08. The SMILES string of the molecule is CCC.COc1cc2c(cc1C)C(=O)C(CC1CCN(Cc3ccccc3)CC1)C2. The van der Waals surface area contributed by atoms with Crippen molar-refractivity contribution >= 4 is 5.78 Å². The van der Waals surface area contributed by atoms with Gasteiger partial charge in [0.1, 0.15) is 5.75 Å². The molecule has 1 aliphatic carbocycles. The molecule has 3 heteroatoms. The van der Waals surface area contributed by atoms with Crippen molar-refractivity contribution in [2.75, 3.05) is 20.2 Å². The van der Waals surface area contributed by atoms with Crippen molar-refractivity contribution < 1.29 is 9.53 Å². The molecule has 0 aromatic heterocycles. The lowest BCUT2D eigenvalue weighted by atomic mass is 9.85. The van der Waals surface area contributed by atoms with E-state index in [0.717, 1.165) is 49.4 Å². The molecule has 0 radical (unpaired) electrons. The number of ketones is 1. The van der Waals surface area contributed by atoms with Crippen LogP contribution in [0.1, 0.15) is 66.6 Å². The molecule has 1 aliphatic heterocycles. The number of nitrogens with zero attached hydrogens (tertiary/aromatic N) is 1. The van der Waals surface area contributed by atoms with Crippen LogP contribution in [-0.4, -0.2) is 30.9 Å². The third-order valence-electron chi connectivity index (χ3n) is 6.30. The van der Waals surface area contributed by atoms with Crippen molar-refractivity contribution in [3.63, 3.8) is 0 Å². The van der Waals surface area contributed by atoms with Crippen LogP contribution in [0.15, 0.2) is 42.5 Å². The van der Waals surface area contributed by atoms with Crippen LogP contribution in [0.3, 0.4) is 0 Å². The van der Waals surface area contributed by atoms with Crippen LogP contribution in [0.25, 0.3) is 0 Å². The molecule has 1 unspecified atom stereocenters. The number of hydrogen-bond acceptors (Lipinski definition) is 3. The Morgan fingerprint density at radius 1 is 1.07 bits per heavy atom.